The molecule has 1 N–H and O–H groups in total. The topological polar surface area (TPSA) is 58.6 Å². The number of fused-ring (bicyclic) bond motifs is 1. The van der Waals surface area contributed by atoms with Crippen LogP contribution in [-0.2, 0) is 22.4 Å². The fourth-order valence-corrected chi connectivity index (χ4v) is 4.85. The summed E-state index contributed by atoms with van der Waals surface area (Å²) in [4.78, 5) is 28.7. The van der Waals surface area contributed by atoms with Gasteiger partial charge in [-0.25, -0.2) is 4.79 Å². The summed E-state index contributed by atoms with van der Waals surface area (Å²) in [6.07, 6.45) is 0.426. The molecule has 1 heterocycles. The molecule has 36 heavy (non-hydrogen) atoms. The van der Waals surface area contributed by atoms with Crippen molar-refractivity contribution < 1.29 is 14.3 Å². The van der Waals surface area contributed by atoms with Gasteiger partial charge in [0.2, 0.25) is 5.91 Å². The number of carbonyl (C=O) groups is 2. The van der Waals surface area contributed by atoms with Crippen molar-refractivity contribution in [3.63, 3.8) is 0 Å². The van der Waals surface area contributed by atoms with Crippen LogP contribution in [0.5, 0.6) is 0 Å². The number of benzene rings is 3. The lowest BCUT2D eigenvalue weighted by atomic mass is 9.87. The van der Waals surface area contributed by atoms with E-state index in [4.69, 9.17) is 27.9 Å². The number of carbonyl (C=O) groups excluding carboxylic acids is 2. The van der Waals surface area contributed by atoms with Crippen molar-refractivity contribution in [1.82, 2.24) is 10.2 Å². The van der Waals surface area contributed by atoms with E-state index in [1.165, 1.54) is 5.56 Å². The number of alkyl carbamates (subject to hydrolysis) is 1. The van der Waals surface area contributed by atoms with Crippen LogP contribution in [0, 0.1) is 0 Å². The van der Waals surface area contributed by atoms with E-state index in [9.17, 15) is 9.59 Å². The second-order valence-corrected chi connectivity index (χ2v) is 10.8. The Labute approximate surface area is 222 Å². The highest BCUT2D eigenvalue weighted by Gasteiger charge is 2.36. The fourth-order valence-electron chi connectivity index (χ4n) is 4.55. The maximum Gasteiger partial charge on any atom is 0.408 e. The molecule has 0 bridgehead atoms. The van der Waals surface area contributed by atoms with Crippen molar-refractivity contribution in [3.8, 4) is 0 Å². The van der Waals surface area contributed by atoms with E-state index in [-0.39, 0.29) is 11.9 Å². The molecule has 0 aromatic heterocycles. The summed E-state index contributed by atoms with van der Waals surface area (Å²) in [7, 11) is 0. The number of rotatable bonds is 5. The zero-order valence-corrected chi connectivity index (χ0v) is 22.1. The average Bonchev–Trinajstić information content (AvgIpc) is 2.84. The Bertz CT molecular complexity index is 1240. The molecule has 0 saturated carbocycles. The summed E-state index contributed by atoms with van der Waals surface area (Å²) in [6.45, 7) is 5.88. The molecule has 3 aromatic rings. The summed E-state index contributed by atoms with van der Waals surface area (Å²) in [6, 6.07) is 22.0. The normalized spacial score (nSPS) is 16.1. The molecule has 0 radical (unpaired) electrons. The fraction of sp³-hybridized carbons (Fsp3) is 0.310. The van der Waals surface area contributed by atoms with Crippen LogP contribution in [0.15, 0.2) is 72.8 Å². The van der Waals surface area contributed by atoms with Crippen molar-refractivity contribution in [1.29, 1.82) is 0 Å². The summed E-state index contributed by atoms with van der Waals surface area (Å²) in [5.74, 6) is -0.185. The summed E-state index contributed by atoms with van der Waals surface area (Å²) < 4.78 is 5.49. The van der Waals surface area contributed by atoms with Crippen LogP contribution in [0.2, 0.25) is 10.0 Å². The van der Waals surface area contributed by atoms with E-state index in [0.29, 0.717) is 29.4 Å². The molecule has 0 spiro atoms. The van der Waals surface area contributed by atoms with Crippen LogP contribution in [0.25, 0.3) is 0 Å². The Balaban J connectivity index is 1.71. The molecule has 0 saturated heterocycles. The largest absolute Gasteiger partial charge is 0.444 e. The SMILES string of the molecule is CC(C)(C)OC(=O)N[C@@H](Cc1ccccc1)C(=O)N1CCc2ccccc2C1c1ccc(Cl)c(Cl)c1. The molecule has 0 aliphatic carbocycles. The second kappa shape index (κ2) is 10.9. The highest BCUT2D eigenvalue weighted by molar-refractivity contribution is 6.42. The molecular formula is C29H30Cl2N2O3. The predicted molar refractivity (Wildman–Crippen MR) is 143 cm³/mol. The van der Waals surface area contributed by atoms with Gasteiger partial charge in [-0.3, -0.25) is 4.79 Å². The third kappa shape index (κ3) is 6.21. The van der Waals surface area contributed by atoms with Crippen LogP contribution in [-0.4, -0.2) is 35.1 Å². The number of halogens is 2. The van der Waals surface area contributed by atoms with Gasteiger partial charge in [0.15, 0.2) is 0 Å². The van der Waals surface area contributed by atoms with E-state index < -0.39 is 17.7 Å². The molecule has 3 aromatic carbocycles. The van der Waals surface area contributed by atoms with Crippen LogP contribution >= 0.6 is 23.2 Å². The number of nitrogens with one attached hydrogen (secondary N) is 1. The Kier molecular flexibility index (Phi) is 7.91. The van der Waals surface area contributed by atoms with E-state index in [0.717, 1.165) is 16.7 Å². The maximum absolute atomic E-state index is 14.1. The molecule has 2 amide bonds. The van der Waals surface area contributed by atoms with Crippen molar-refractivity contribution in [2.24, 2.45) is 0 Å². The minimum atomic E-state index is -0.808. The smallest absolute Gasteiger partial charge is 0.408 e. The van der Waals surface area contributed by atoms with E-state index >= 15 is 0 Å². The predicted octanol–water partition coefficient (Wildman–Crippen LogP) is 6.60. The van der Waals surface area contributed by atoms with Gasteiger partial charge < -0.3 is 15.0 Å². The first-order chi connectivity index (χ1) is 17.1. The zero-order chi connectivity index (χ0) is 25.9. The minimum absolute atomic E-state index is 0.185. The quantitative estimate of drug-likeness (QED) is 0.408. The van der Waals surface area contributed by atoms with Gasteiger partial charge in [0.05, 0.1) is 16.1 Å². The molecule has 1 aliphatic rings. The van der Waals surface area contributed by atoms with Gasteiger partial charge in [0, 0.05) is 13.0 Å². The van der Waals surface area contributed by atoms with Crippen LogP contribution in [0.4, 0.5) is 4.79 Å². The molecule has 7 heteroatoms. The molecule has 4 rings (SSSR count). The number of hydrogen-bond acceptors (Lipinski definition) is 3. The molecule has 1 aliphatic heterocycles. The zero-order valence-electron chi connectivity index (χ0n) is 20.6. The molecular weight excluding hydrogens is 495 g/mol. The van der Waals surface area contributed by atoms with Gasteiger partial charge in [-0.05, 0) is 61.6 Å². The van der Waals surface area contributed by atoms with E-state index in [2.05, 4.69) is 11.4 Å². The Morgan fingerprint density at radius 1 is 1.00 bits per heavy atom. The van der Waals surface area contributed by atoms with Crippen molar-refractivity contribution in [2.45, 2.75) is 51.3 Å². The molecule has 0 fully saturated rings. The van der Waals surface area contributed by atoms with Gasteiger partial charge in [0.25, 0.3) is 0 Å². The first kappa shape index (κ1) is 26.1. The monoisotopic (exact) mass is 524 g/mol. The first-order valence-corrected chi connectivity index (χ1v) is 12.7. The molecule has 5 nitrogen and oxygen atoms in total. The first-order valence-electron chi connectivity index (χ1n) is 12.0. The minimum Gasteiger partial charge on any atom is -0.444 e. The summed E-state index contributed by atoms with van der Waals surface area (Å²) in [5.41, 5.74) is 3.33. The van der Waals surface area contributed by atoms with Crippen LogP contribution in [0.1, 0.15) is 49.1 Å². The van der Waals surface area contributed by atoms with Gasteiger partial charge >= 0.3 is 6.09 Å². The lowest BCUT2D eigenvalue weighted by molar-refractivity contribution is -0.135. The average molecular weight is 525 g/mol. The number of ether oxygens (including phenoxy) is 1. The highest BCUT2D eigenvalue weighted by Crippen LogP contribution is 2.38. The van der Waals surface area contributed by atoms with Crippen LogP contribution in [0.3, 0.4) is 0 Å². The Morgan fingerprint density at radius 3 is 2.39 bits per heavy atom. The maximum atomic E-state index is 14.1. The Hall–Kier alpha value is -3.02. The van der Waals surface area contributed by atoms with Crippen LogP contribution < -0.4 is 5.32 Å². The second-order valence-electron chi connectivity index (χ2n) is 9.95. The summed E-state index contributed by atoms with van der Waals surface area (Å²) in [5, 5.41) is 3.72. The van der Waals surface area contributed by atoms with Crippen molar-refractivity contribution >= 4 is 35.2 Å². The standard InChI is InChI=1S/C29H30Cl2N2O3/c1-29(2,3)36-28(35)32-25(17-19-9-5-4-6-10-19)27(34)33-16-15-20-11-7-8-12-22(20)26(33)21-13-14-23(30)24(31)18-21/h4-14,18,25-26H,15-17H2,1-3H3,(H,32,35)/t25-,26?/m0/s1. The highest BCUT2D eigenvalue weighted by atomic mass is 35.5. The van der Waals surface area contributed by atoms with Gasteiger partial charge in [-0.2, -0.15) is 0 Å². The van der Waals surface area contributed by atoms with Gasteiger partial charge in [-0.15, -0.1) is 0 Å². The number of amides is 2. The number of nitrogens with zero attached hydrogens (tertiary/aromatic N) is 1. The lowest BCUT2D eigenvalue weighted by Gasteiger charge is -2.40. The Morgan fingerprint density at radius 2 is 1.69 bits per heavy atom. The molecule has 1 unspecified atom stereocenters. The van der Waals surface area contributed by atoms with E-state index in [1.54, 1.807) is 26.8 Å². The van der Waals surface area contributed by atoms with Crippen molar-refractivity contribution in [2.75, 3.05) is 6.54 Å². The van der Waals surface area contributed by atoms with E-state index in [1.807, 2.05) is 65.6 Å². The van der Waals surface area contributed by atoms with Crippen molar-refractivity contribution in [3.05, 3.63) is 105 Å². The lowest BCUT2D eigenvalue weighted by Crippen LogP contribution is -2.53. The molecule has 2 atom stereocenters. The van der Waals surface area contributed by atoms with Gasteiger partial charge in [-0.1, -0.05) is 83.9 Å². The third-order valence-corrected chi connectivity index (χ3v) is 6.84. The van der Waals surface area contributed by atoms with Gasteiger partial charge in [0.1, 0.15) is 11.6 Å². The summed E-state index contributed by atoms with van der Waals surface area (Å²) >= 11 is 12.6. The molecule has 188 valence electrons. The number of hydrogen-bond donors (Lipinski definition) is 1. The third-order valence-electron chi connectivity index (χ3n) is 6.10.